The molecular formula is C17H27ClN2O. The molecule has 1 aromatic carbocycles. The van der Waals surface area contributed by atoms with Crippen LogP contribution in [0.2, 0.25) is 5.02 Å². The summed E-state index contributed by atoms with van der Waals surface area (Å²) in [5.74, 6) is 0.471. The lowest BCUT2D eigenvalue weighted by Gasteiger charge is -2.23. The summed E-state index contributed by atoms with van der Waals surface area (Å²) in [6.07, 6.45) is 3.34. The fourth-order valence-electron chi connectivity index (χ4n) is 3.01. The molecule has 0 aromatic heterocycles. The van der Waals surface area contributed by atoms with Crippen LogP contribution in [0.3, 0.4) is 0 Å². The van der Waals surface area contributed by atoms with Gasteiger partial charge in [-0.05, 0) is 62.5 Å². The molecule has 0 spiro atoms. The van der Waals surface area contributed by atoms with Crippen LogP contribution < -0.4 is 5.32 Å². The minimum Gasteiger partial charge on any atom is -0.396 e. The molecule has 0 amide bonds. The normalized spacial score (nSPS) is 20.8. The van der Waals surface area contributed by atoms with E-state index < -0.39 is 0 Å². The number of nitrogens with zero attached hydrogens (tertiary/aromatic N) is 1. The third-order valence-electron chi connectivity index (χ3n) is 4.25. The second kappa shape index (κ2) is 8.74. The molecule has 21 heavy (non-hydrogen) atoms. The highest BCUT2D eigenvalue weighted by Crippen LogP contribution is 2.23. The summed E-state index contributed by atoms with van der Waals surface area (Å²) >= 11 is 6.12. The summed E-state index contributed by atoms with van der Waals surface area (Å²) < 4.78 is 0. The van der Waals surface area contributed by atoms with Crippen molar-refractivity contribution in [3.8, 4) is 0 Å². The molecule has 0 saturated carbocycles. The molecule has 1 aliphatic rings. The summed E-state index contributed by atoms with van der Waals surface area (Å²) in [6.45, 7) is 6.76. The molecule has 2 unspecified atom stereocenters. The predicted molar refractivity (Wildman–Crippen MR) is 88.7 cm³/mol. The summed E-state index contributed by atoms with van der Waals surface area (Å²) in [7, 11) is 0. The van der Waals surface area contributed by atoms with Crippen LogP contribution >= 0.6 is 11.6 Å². The molecule has 1 saturated heterocycles. The van der Waals surface area contributed by atoms with Crippen molar-refractivity contribution in [2.24, 2.45) is 5.92 Å². The number of nitrogens with one attached hydrogen (secondary N) is 1. The van der Waals surface area contributed by atoms with E-state index in [2.05, 4.69) is 29.3 Å². The Bertz CT molecular complexity index is 427. The van der Waals surface area contributed by atoms with Crippen molar-refractivity contribution in [1.29, 1.82) is 0 Å². The van der Waals surface area contributed by atoms with Crippen LogP contribution in [-0.2, 0) is 0 Å². The number of hydrogen-bond donors (Lipinski definition) is 2. The van der Waals surface area contributed by atoms with Crippen molar-refractivity contribution < 1.29 is 5.11 Å². The molecule has 118 valence electrons. The fraction of sp³-hybridized carbons (Fsp3) is 0.647. The Morgan fingerprint density at radius 3 is 3.00 bits per heavy atom. The van der Waals surface area contributed by atoms with Gasteiger partial charge in [0.2, 0.25) is 0 Å². The number of aliphatic hydroxyl groups is 1. The first-order valence-electron chi connectivity index (χ1n) is 8.05. The van der Waals surface area contributed by atoms with E-state index in [1.54, 1.807) is 0 Å². The molecule has 1 heterocycles. The molecule has 2 rings (SSSR count). The van der Waals surface area contributed by atoms with Gasteiger partial charge in [-0.3, -0.25) is 0 Å². The molecule has 0 aliphatic carbocycles. The van der Waals surface area contributed by atoms with Gasteiger partial charge in [0.05, 0.1) is 0 Å². The van der Waals surface area contributed by atoms with Crippen LogP contribution in [0.25, 0.3) is 0 Å². The van der Waals surface area contributed by atoms with E-state index in [1.807, 2.05) is 12.1 Å². The fourth-order valence-corrected chi connectivity index (χ4v) is 3.20. The Labute approximate surface area is 133 Å². The molecule has 1 fully saturated rings. The first-order valence-corrected chi connectivity index (χ1v) is 8.42. The first-order chi connectivity index (χ1) is 10.2. The van der Waals surface area contributed by atoms with Crippen molar-refractivity contribution in [1.82, 2.24) is 10.2 Å². The summed E-state index contributed by atoms with van der Waals surface area (Å²) in [5.41, 5.74) is 1.27. The van der Waals surface area contributed by atoms with Gasteiger partial charge in [0.15, 0.2) is 0 Å². The lowest BCUT2D eigenvalue weighted by atomic mass is 10.0. The number of rotatable bonds is 8. The molecule has 0 radical (unpaired) electrons. The van der Waals surface area contributed by atoms with Crippen molar-refractivity contribution >= 4 is 11.6 Å². The van der Waals surface area contributed by atoms with Crippen LogP contribution in [0.4, 0.5) is 0 Å². The van der Waals surface area contributed by atoms with Crippen LogP contribution in [0.15, 0.2) is 24.3 Å². The first kappa shape index (κ1) is 16.8. The Hall–Kier alpha value is -0.610. The topological polar surface area (TPSA) is 35.5 Å². The van der Waals surface area contributed by atoms with E-state index in [4.69, 9.17) is 11.6 Å². The van der Waals surface area contributed by atoms with Gasteiger partial charge in [-0.2, -0.15) is 0 Å². The number of aliphatic hydroxyl groups excluding tert-OH is 1. The monoisotopic (exact) mass is 310 g/mol. The smallest absolute Gasteiger partial charge is 0.0471 e. The van der Waals surface area contributed by atoms with Gasteiger partial charge in [0, 0.05) is 24.2 Å². The third-order valence-corrected chi connectivity index (χ3v) is 4.49. The average molecular weight is 311 g/mol. The van der Waals surface area contributed by atoms with Crippen LogP contribution in [0, 0.1) is 5.92 Å². The SMILES string of the molecule is CCCNC(CCN1CCC(CO)C1)c1cccc(Cl)c1. The lowest BCUT2D eigenvalue weighted by molar-refractivity contribution is 0.219. The second-order valence-corrected chi connectivity index (χ2v) is 6.42. The lowest BCUT2D eigenvalue weighted by Crippen LogP contribution is -2.29. The minimum absolute atomic E-state index is 0.322. The Morgan fingerprint density at radius 1 is 1.48 bits per heavy atom. The van der Waals surface area contributed by atoms with Crippen LogP contribution in [0.1, 0.15) is 37.8 Å². The van der Waals surface area contributed by atoms with Crippen molar-refractivity contribution in [2.75, 3.05) is 32.8 Å². The number of halogens is 1. The zero-order valence-corrected chi connectivity index (χ0v) is 13.6. The van der Waals surface area contributed by atoms with Crippen LogP contribution in [-0.4, -0.2) is 42.8 Å². The highest BCUT2D eigenvalue weighted by Gasteiger charge is 2.22. The number of hydrogen-bond acceptors (Lipinski definition) is 3. The van der Waals surface area contributed by atoms with E-state index in [0.29, 0.717) is 18.6 Å². The van der Waals surface area contributed by atoms with Gasteiger partial charge in [-0.25, -0.2) is 0 Å². The van der Waals surface area contributed by atoms with E-state index in [1.165, 1.54) is 5.56 Å². The Kier molecular flexibility index (Phi) is 6.97. The van der Waals surface area contributed by atoms with Gasteiger partial charge >= 0.3 is 0 Å². The van der Waals surface area contributed by atoms with Crippen molar-refractivity contribution in [3.05, 3.63) is 34.9 Å². The van der Waals surface area contributed by atoms with Gasteiger partial charge < -0.3 is 15.3 Å². The average Bonchev–Trinajstić information content (AvgIpc) is 2.95. The van der Waals surface area contributed by atoms with E-state index in [9.17, 15) is 5.11 Å². The van der Waals surface area contributed by atoms with E-state index in [-0.39, 0.29) is 0 Å². The molecule has 3 nitrogen and oxygen atoms in total. The predicted octanol–water partition coefficient (Wildman–Crippen LogP) is 3.09. The number of benzene rings is 1. The molecule has 2 atom stereocenters. The Morgan fingerprint density at radius 2 is 2.33 bits per heavy atom. The molecule has 1 aliphatic heterocycles. The van der Waals surface area contributed by atoms with E-state index in [0.717, 1.165) is 50.5 Å². The highest BCUT2D eigenvalue weighted by atomic mass is 35.5. The number of likely N-dealkylation sites (tertiary alicyclic amines) is 1. The Balaban J connectivity index is 1.90. The summed E-state index contributed by atoms with van der Waals surface area (Å²) in [6, 6.07) is 8.52. The van der Waals surface area contributed by atoms with Crippen molar-refractivity contribution in [3.63, 3.8) is 0 Å². The molecule has 2 N–H and O–H groups in total. The highest BCUT2D eigenvalue weighted by molar-refractivity contribution is 6.30. The molecular weight excluding hydrogens is 284 g/mol. The van der Waals surface area contributed by atoms with Crippen LogP contribution in [0.5, 0.6) is 0 Å². The summed E-state index contributed by atoms with van der Waals surface area (Å²) in [5, 5.41) is 13.7. The second-order valence-electron chi connectivity index (χ2n) is 5.99. The maximum atomic E-state index is 9.23. The van der Waals surface area contributed by atoms with Gasteiger partial charge in [-0.15, -0.1) is 0 Å². The standard InChI is InChI=1S/C17H27ClN2O/c1-2-8-19-17(15-4-3-5-16(18)11-15)7-10-20-9-6-14(12-20)13-21/h3-5,11,14,17,19,21H,2,6-10,12-13H2,1H3. The maximum absolute atomic E-state index is 9.23. The quantitative estimate of drug-likeness (QED) is 0.774. The maximum Gasteiger partial charge on any atom is 0.0471 e. The van der Waals surface area contributed by atoms with Crippen molar-refractivity contribution in [2.45, 2.75) is 32.2 Å². The molecule has 1 aromatic rings. The summed E-state index contributed by atoms with van der Waals surface area (Å²) in [4.78, 5) is 2.46. The van der Waals surface area contributed by atoms with Gasteiger partial charge in [0.1, 0.15) is 0 Å². The largest absolute Gasteiger partial charge is 0.396 e. The minimum atomic E-state index is 0.322. The van der Waals surface area contributed by atoms with Gasteiger partial charge in [0.25, 0.3) is 0 Å². The third kappa shape index (κ3) is 5.26. The zero-order chi connectivity index (χ0) is 15.1. The van der Waals surface area contributed by atoms with Gasteiger partial charge in [-0.1, -0.05) is 30.7 Å². The zero-order valence-electron chi connectivity index (χ0n) is 12.9. The van der Waals surface area contributed by atoms with E-state index >= 15 is 0 Å². The molecule has 0 bridgehead atoms. The molecule has 4 heteroatoms.